The fraction of sp³-hybridized carbons (Fsp3) is 0.250. The van der Waals surface area contributed by atoms with Crippen molar-refractivity contribution in [1.29, 1.82) is 0 Å². The molecule has 3 heterocycles. The van der Waals surface area contributed by atoms with Crippen LogP contribution in [0.5, 0.6) is 0 Å². The zero-order valence-corrected chi connectivity index (χ0v) is 18.7. The normalized spacial score (nSPS) is 20.9. The lowest BCUT2D eigenvalue weighted by Crippen LogP contribution is -2.20. The van der Waals surface area contributed by atoms with E-state index in [1.54, 1.807) is 24.4 Å². The van der Waals surface area contributed by atoms with Gasteiger partial charge in [0.2, 0.25) is 0 Å². The fourth-order valence-electron chi connectivity index (χ4n) is 3.75. The summed E-state index contributed by atoms with van der Waals surface area (Å²) in [7, 11) is -3.51. The zero-order valence-electron chi connectivity index (χ0n) is 17.8. The zero-order chi connectivity index (χ0) is 22.0. The molecule has 0 radical (unpaired) electrons. The van der Waals surface area contributed by atoms with Gasteiger partial charge < -0.3 is 9.51 Å². The van der Waals surface area contributed by atoms with E-state index in [4.69, 9.17) is 9.05 Å². The maximum atomic E-state index is 13.5. The predicted octanol–water partition coefficient (Wildman–Crippen LogP) is 5.41. The maximum absolute atomic E-state index is 13.5. The van der Waals surface area contributed by atoms with E-state index < -0.39 is 7.60 Å². The number of benzene rings is 2. The number of hydrogen-bond donors (Lipinski definition) is 1. The Morgan fingerprint density at radius 1 is 1.13 bits per heavy atom. The summed E-state index contributed by atoms with van der Waals surface area (Å²) in [5.41, 5.74) is 3.34. The molecule has 5 rings (SSSR count). The number of hydrogen-bond acceptors (Lipinski definition) is 5. The number of H-pyrrole nitrogens is 1. The monoisotopic (exact) mass is 436 g/mol. The van der Waals surface area contributed by atoms with E-state index in [1.807, 2.05) is 45.0 Å². The molecule has 7 heteroatoms. The number of rotatable bonds is 2. The third-order valence-electron chi connectivity index (χ3n) is 5.20. The molecule has 0 unspecified atom stereocenters. The number of aromatic nitrogens is 2. The topological polar surface area (TPSA) is 81.3 Å². The minimum absolute atomic E-state index is 0.0701. The van der Waals surface area contributed by atoms with Crippen molar-refractivity contribution in [2.75, 3.05) is 6.61 Å². The Bertz CT molecular complexity index is 1350. The maximum Gasteiger partial charge on any atom is 0.363 e. The van der Waals surface area contributed by atoms with E-state index >= 15 is 0 Å². The molecule has 4 aromatic rings. The summed E-state index contributed by atoms with van der Waals surface area (Å²) in [5.74, 6) is 0. The number of nitrogens with one attached hydrogen (secondary N) is 1. The Kier molecular flexibility index (Phi) is 6.05. The molecule has 1 aliphatic rings. The van der Waals surface area contributed by atoms with Gasteiger partial charge in [-0.1, -0.05) is 49.7 Å². The van der Waals surface area contributed by atoms with Gasteiger partial charge in [-0.15, -0.1) is 0 Å². The van der Waals surface area contributed by atoms with Crippen molar-refractivity contribution >= 4 is 34.7 Å². The van der Waals surface area contributed by atoms with Crippen LogP contribution in [0.15, 0.2) is 65.7 Å². The van der Waals surface area contributed by atoms with Crippen molar-refractivity contribution < 1.29 is 13.6 Å². The summed E-state index contributed by atoms with van der Waals surface area (Å²) in [5, 5.41) is 1.74. The fourth-order valence-corrected chi connectivity index (χ4v) is 5.48. The Morgan fingerprint density at radius 2 is 1.97 bits per heavy atom. The van der Waals surface area contributed by atoms with E-state index in [9.17, 15) is 9.36 Å². The Labute approximate surface area is 180 Å². The average Bonchev–Trinajstić information content (AvgIpc) is 2.80. The van der Waals surface area contributed by atoms with Gasteiger partial charge in [-0.2, -0.15) is 0 Å². The van der Waals surface area contributed by atoms with E-state index in [0.717, 1.165) is 16.5 Å². The lowest BCUT2D eigenvalue weighted by Gasteiger charge is -2.30. The van der Waals surface area contributed by atoms with Crippen molar-refractivity contribution in [3.8, 4) is 0 Å². The molecular weight excluding hydrogens is 411 g/mol. The molecule has 1 N–H and O–H groups in total. The summed E-state index contributed by atoms with van der Waals surface area (Å²) in [4.78, 5) is 19.6. The molecule has 0 spiro atoms. The molecule has 31 heavy (non-hydrogen) atoms. The van der Waals surface area contributed by atoms with E-state index in [1.165, 1.54) is 12.3 Å². The first-order chi connectivity index (χ1) is 15.0. The van der Waals surface area contributed by atoms with Crippen LogP contribution in [0, 0.1) is 6.92 Å². The van der Waals surface area contributed by atoms with Crippen LogP contribution in [0.2, 0.25) is 0 Å². The van der Waals surface area contributed by atoms with Gasteiger partial charge in [-0.3, -0.25) is 18.9 Å². The summed E-state index contributed by atoms with van der Waals surface area (Å²) in [6.07, 6.45) is 3.46. The highest BCUT2D eigenvalue weighted by atomic mass is 31.2. The van der Waals surface area contributed by atoms with Gasteiger partial charge in [0.05, 0.1) is 29.0 Å². The first-order valence-electron chi connectivity index (χ1n) is 10.4. The second-order valence-corrected chi connectivity index (χ2v) is 9.20. The summed E-state index contributed by atoms with van der Waals surface area (Å²) < 4.78 is 25.1. The number of aryl methyl sites for hydroxylation is 1. The minimum Gasteiger partial charge on any atom is -0.359 e. The lowest BCUT2D eigenvalue weighted by molar-refractivity contribution is 0.0875. The largest absolute Gasteiger partial charge is 0.363 e. The predicted molar refractivity (Wildman–Crippen MR) is 124 cm³/mol. The van der Waals surface area contributed by atoms with Gasteiger partial charge in [0.15, 0.2) is 5.43 Å². The van der Waals surface area contributed by atoms with Gasteiger partial charge in [0, 0.05) is 35.7 Å². The highest BCUT2D eigenvalue weighted by molar-refractivity contribution is 7.62. The van der Waals surface area contributed by atoms with Gasteiger partial charge in [-0.05, 0) is 24.6 Å². The van der Waals surface area contributed by atoms with Crippen molar-refractivity contribution in [3.63, 3.8) is 0 Å². The van der Waals surface area contributed by atoms with Gasteiger partial charge >= 0.3 is 7.60 Å². The van der Waals surface area contributed by atoms with Crippen LogP contribution in [0.3, 0.4) is 0 Å². The van der Waals surface area contributed by atoms with Crippen molar-refractivity contribution in [1.82, 2.24) is 9.97 Å². The van der Waals surface area contributed by atoms with Crippen molar-refractivity contribution in [3.05, 3.63) is 82.3 Å². The molecular formula is C24H25N2O4P. The number of nitrogens with zero attached hydrogens (tertiary/aromatic N) is 1. The third-order valence-corrected chi connectivity index (χ3v) is 7.14. The lowest BCUT2D eigenvalue weighted by atomic mass is 10.0. The molecule has 2 aromatic carbocycles. The third kappa shape index (κ3) is 4.07. The van der Waals surface area contributed by atoms with Gasteiger partial charge in [-0.25, -0.2) is 0 Å². The summed E-state index contributed by atoms with van der Waals surface area (Å²) >= 11 is 0. The highest BCUT2D eigenvalue weighted by Gasteiger charge is 2.36. The van der Waals surface area contributed by atoms with Crippen LogP contribution < -0.4 is 10.7 Å². The van der Waals surface area contributed by atoms with Crippen LogP contribution in [-0.4, -0.2) is 16.6 Å². The summed E-state index contributed by atoms with van der Waals surface area (Å²) in [6.45, 7) is 6.36. The Morgan fingerprint density at radius 3 is 2.77 bits per heavy atom. The molecule has 0 saturated carbocycles. The Hall–Kier alpha value is -2.79. The quantitative estimate of drug-likeness (QED) is 0.336. The molecule has 160 valence electrons. The van der Waals surface area contributed by atoms with Crippen LogP contribution in [0.25, 0.3) is 21.8 Å². The second kappa shape index (κ2) is 8.75. The first-order valence-corrected chi connectivity index (χ1v) is 12.0. The number of aromatic amines is 1. The molecule has 0 bridgehead atoms. The minimum atomic E-state index is -3.51. The molecule has 0 aliphatic carbocycles. The highest BCUT2D eigenvalue weighted by Crippen LogP contribution is 2.55. The van der Waals surface area contributed by atoms with E-state index in [0.29, 0.717) is 34.8 Å². The molecule has 1 aliphatic heterocycles. The summed E-state index contributed by atoms with van der Waals surface area (Å²) in [6, 6.07) is 14.8. The standard InChI is InChI=1S/C22H19N2O4P.C2H6/c1-14-3-2-4-15(11-14)20-8-10-27-29(26,28-20)17-12-16-5-6-18-19(25)7-9-23-22(18)21(16)24-13-17;1-2/h2-7,9,11-13,20H,8,10H2,1H3,(H,23,25);1-2H3/t20-,29+;/m1./s1. The molecule has 6 nitrogen and oxygen atoms in total. The van der Waals surface area contributed by atoms with E-state index in [2.05, 4.69) is 9.97 Å². The van der Waals surface area contributed by atoms with Crippen molar-refractivity contribution in [2.45, 2.75) is 33.3 Å². The average molecular weight is 436 g/mol. The number of fused-ring (bicyclic) bond motifs is 3. The Balaban J connectivity index is 0.00000112. The van der Waals surface area contributed by atoms with Crippen molar-refractivity contribution in [2.24, 2.45) is 0 Å². The molecule has 1 saturated heterocycles. The van der Waals surface area contributed by atoms with Crippen LogP contribution >= 0.6 is 7.60 Å². The molecule has 1 fully saturated rings. The van der Waals surface area contributed by atoms with E-state index in [-0.39, 0.29) is 11.5 Å². The first kappa shape index (κ1) is 21.4. The number of pyridine rings is 2. The van der Waals surface area contributed by atoms with Crippen LogP contribution in [-0.2, 0) is 13.6 Å². The van der Waals surface area contributed by atoms with Crippen LogP contribution in [0.1, 0.15) is 37.5 Å². The molecule has 2 aromatic heterocycles. The van der Waals surface area contributed by atoms with Crippen LogP contribution in [0.4, 0.5) is 0 Å². The smallest absolute Gasteiger partial charge is 0.359 e. The van der Waals surface area contributed by atoms with Gasteiger partial charge in [0.1, 0.15) is 0 Å². The van der Waals surface area contributed by atoms with Gasteiger partial charge in [0.25, 0.3) is 0 Å². The SMILES string of the molecule is CC.Cc1cccc([C@H]2CCO[P@@](=O)(c3cnc4c(ccc5c(=O)cc[nH]c54)c3)O2)c1. The second-order valence-electron chi connectivity index (χ2n) is 7.22. The molecule has 0 amide bonds. The molecule has 2 atom stereocenters.